The highest BCUT2D eigenvalue weighted by molar-refractivity contribution is 7.74. The van der Waals surface area contributed by atoms with Gasteiger partial charge in [0.2, 0.25) is 10.9 Å². The lowest BCUT2D eigenvalue weighted by molar-refractivity contribution is -0.131. The van der Waals surface area contributed by atoms with E-state index in [-0.39, 0.29) is 18.7 Å². The van der Waals surface area contributed by atoms with Crippen molar-refractivity contribution in [2.45, 2.75) is 33.1 Å². The molecular weight excluding hydrogens is 318 g/mol. The molecule has 0 atom stereocenters. The molecule has 0 saturated carbocycles. The summed E-state index contributed by atoms with van der Waals surface area (Å²) in [4.78, 5) is 21.6. The number of carboxylic acids is 1. The van der Waals surface area contributed by atoms with Gasteiger partial charge in [-0.15, -0.1) is 0 Å². The second kappa shape index (κ2) is 9.09. The number of carboxylic acid groups (broad SMARTS) is 1. The quantitative estimate of drug-likeness (QED) is 0.529. The Morgan fingerprint density at radius 2 is 2.00 bits per heavy atom. The lowest BCUT2D eigenvalue weighted by atomic mass is 10.0. The average Bonchev–Trinajstić information content (AvgIpc) is 2.45. The van der Waals surface area contributed by atoms with Crippen molar-refractivity contribution in [3.8, 4) is 0 Å². The summed E-state index contributed by atoms with van der Waals surface area (Å²) in [5.41, 5.74) is 2.32. The second-order valence-corrected chi connectivity index (χ2v) is 6.18. The topological polar surface area (TPSA) is 91.8 Å². The zero-order valence-electron chi connectivity index (χ0n) is 13.2. The van der Waals surface area contributed by atoms with Crippen LogP contribution in [-0.4, -0.2) is 31.8 Å². The molecule has 1 N–H and O–H groups in total. The summed E-state index contributed by atoms with van der Waals surface area (Å²) in [6.45, 7) is 3.55. The smallest absolute Gasteiger partial charge is 0.327 e. The molecule has 126 valence electrons. The maximum atomic E-state index is 11.6. The third kappa shape index (κ3) is 6.65. The molecule has 1 aromatic rings. The van der Waals surface area contributed by atoms with Crippen LogP contribution < -0.4 is 4.31 Å². The molecular formula is C16H21NO5S. The van der Waals surface area contributed by atoms with E-state index in [9.17, 15) is 18.0 Å². The maximum absolute atomic E-state index is 11.6. The molecule has 6 nitrogen and oxygen atoms in total. The predicted molar refractivity (Wildman–Crippen MR) is 89.2 cm³/mol. The highest BCUT2D eigenvalue weighted by Crippen LogP contribution is 2.24. The Morgan fingerprint density at radius 1 is 1.30 bits per heavy atom. The van der Waals surface area contributed by atoms with Gasteiger partial charge in [-0.05, 0) is 38.3 Å². The zero-order valence-corrected chi connectivity index (χ0v) is 14.1. The molecule has 1 rings (SSSR count). The van der Waals surface area contributed by atoms with Gasteiger partial charge in [0.1, 0.15) is 5.78 Å². The van der Waals surface area contributed by atoms with Gasteiger partial charge in [0.25, 0.3) is 0 Å². The van der Waals surface area contributed by atoms with E-state index in [0.29, 0.717) is 18.5 Å². The number of hydrogen-bond acceptors (Lipinski definition) is 4. The molecule has 0 aliphatic heterocycles. The van der Waals surface area contributed by atoms with E-state index in [2.05, 4.69) is 0 Å². The van der Waals surface area contributed by atoms with Crippen molar-refractivity contribution in [3.05, 3.63) is 41.5 Å². The first-order valence-corrected chi connectivity index (χ1v) is 8.34. The summed E-state index contributed by atoms with van der Waals surface area (Å²) in [6.07, 6.45) is 3.50. The van der Waals surface area contributed by atoms with E-state index in [1.807, 2.05) is 19.1 Å². The molecule has 0 aliphatic carbocycles. The number of rotatable bonds is 9. The molecule has 0 heterocycles. The monoisotopic (exact) mass is 339 g/mol. The number of ketones is 1. The van der Waals surface area contributed by atoms with Crippen LogP contribution in [-0.2, 0) is 26.9 Å². The first-order chi connectivity index (χ1) is 10.8. The summed E-state index contributed by atoms with van der Waals surface area (Å²) < 4.78 is 24.3. The van der Waals surface area contributed by atoms with Gasteiger partial charge in [-0.3, -0.25) is 4.31 Å². The van der Waals surface area contributed by atoms with E-state index >= 15 is 0 Å². The fourth-order valence-corrected chi connectivity index (χ4v) is 2.80. The van der Waals surface area contributed by atoms with Gasteiger partial charge in [0, 0.05) is 19.0 Å². The summed E-state index contributed by atoms with van der Waals surface area (Å²) >= 11 is 0. The molecule has 1 aromatic carbocycles. The lowest BCUT2D eigenvalue weighted by Gasteiger charge is -2.21. The fourth-order valence-electron chi connectivity index (χ4n) is 2.15. The predicted octanol–water partition coefficient (Wildman–Crippen LogP) is 1.88. The first kappa shape index (κ1) is 18.9. The van der Waals surface area contributed by atoms with Crippen molar-refractivity contribution >= 4 is 28.3 Å². The minimum absolute atomic E-state index is 0.0416. The Balaban J connectivity index is 3.01. The fraction of sp³-hybridized carbons (Fsp3) is 0.375. The SMILES string of the molecule is CC(=O)CCc1cc(C)ccc1N(CC/C=C/C(=O)O)[SH](=O)=O. The molecule has 0 fully saturated rings. The van der Waals surface area contributed by atoms with Crippen LogP contribution in [0.2, 0.25) is 0 Å². The highest BCUT2D eigenvalue weighted by atomic mass is 32.2. The number of aryl methyl sites for hydroxylation is 2. The van der Waals surface area contributed by atoms with E-state index in [0.717, 1.165) is 17.2 Å². The third-order valence-electron chi connectivity index (χ3n) is 3.22. The molecule has 7 heteroatoms. The third-order valence-corrected chi connectivity index (χ3v) is 4.03. The van der Waals surface area contributed by atoms with Crippen LogP contribution in [0.15, 0.2) is 30.4 Å². The van der Waals surface area contributed by atoms with Crippen LogP contribution in [0.1, 0.15) is 30.9 Å². The zero-order chi connectivity index (χ0) is 17.4. The van der Waals surface area contributed by atoms with Crippen molar-refractivity contribution < 1.29 is 23.1 Å². The van der Waals surface area contributed by atoms with Crippen molar-refractivity contribution in [1.82, 2.24) is 0 Å². The van der Waals surface area contributed by atoms with Gasteiger partial charge >= 0.3 is 5.97 Å². The van der Waals surface area contributed by atoms with Crippen LogP contribution in [0.5, 0.6) is 0 Å². The lowest BCUT2D eigenvalue weighted by Crippen LogP contribution is -2.23. The van der Waals surface area contributed by atoms with Crippen LogP contribution in [0.3, 0.4) is 0 Å². The molecule has 0 amide bonds. The highest BCUT2D eigenvalue weighted by Gasteiger charge is 2.13. The Hall–Kier alpha value is -2.15. The van der Waals surface area contributed by atoms with E-state index in [1.165, 1.54) is 17.3 Å². The van der Waals surface area contributed by atoms with Crippen molar-refractivity contribution in [3.63, 3.8) is 0 Å². The van der Waals surface area contributed by atoms with Crippen LogP contribution >= 0.6 is 0 Å². The normalized spacial score (nSPS) is 11.1. The van der Waals surface area contributed by atoms with Gasteiger partial charge in [-0.25, -0.2) is 13.2 Å². The van der Waals surface area contributed by atoms with Crippen LogP contribution in [0.25, 0.3) is 0 Å². The van der Waals surface area contributed by atoms with E-state index in [1.54, 1.807) is 6.07 Å². The second-order valence-electron chi connectivity index (χ2n) is 5.22. The largest absolute Gasteiger partial charge is 0.478 e. The number of benzene rings is 1. The van der Waals surface area contributed by atoms with Crippen molar-refractivity contribution in [2.75, 3.05) is 10.8 Å². The standard InChI is InChI=1S/C16H21NO5S/c1-12-6-9-15(14(11-12)8-7-13(2)18)17(23(21)22)10-4-3-5-16(19)20/h3,5-6,9,11,23H,4,7-8,10H2,1-2H3,(H,19,20)/b5-3+. The minimum Gasteiger partial charge on any atom is -0.478 e. The summed E-state index contributed by atoms with van der Waals surface area (Å²) in [6, 6.07) is 5.40. The first-order valence-electron chi connectivity index (χ1n) is 7.21. The van der Waals surface area contributed by atoms with Gasteiger partial charge in [0.15, 0.2) is 0 Å². The van der Waals surface area contributed by atoms with E-state index < -0.39 is 16.9 Å². The molecule has 0 radical (unpaired) electrons. The summed E-state index contributed by atoms with van der Waals surface area (Å²) in [5.74, 6) is -1.03. The number of thiol groups is 1. The number of Topliss-reactive ketones (excluding diaryl/α,β-unsaturated/α-hetero) is 1. The Bertz CT molecular complexity index is 671. The molecule has 0 saturated heterocycles. The summed E-state index contributed by atoms with van der Waals surface area (Å²) in [5, 5.41) is 8.55. The Morgan fingerprint density at radius 3 is 2.57 bits per heavy atom. The molecule has 0 aliphatic rings. The minimum atomic E-state index is -2.86. The average molecular weight is 339 g/mol. The molecule has 0 unspecified atom stereocenters. The molecule has 0 aromatic heterocycles. The Kier molecular flexibility index (Phi) is 7.47. The number of carbonyl (C=O) groups is 2. The van der Waals surface area contributed by atoms with Gasteiger partial charge in [-0.2, -0.15) is 0 Å². The number of anilines is 1. The maximum Gasteiger partial charge on any atom is 0.327 e. The van der Waals surface area contributed by atoms with Gasteiger partial charge < -0.3 is 9.90 Å². The van der Waals surface area contributed by atoms with Crippen LogP contribution in [0, 0.1) is 6.92 Å². The number of hydrogen-bond donors (Lipinski definition) is 2. The molecule has 0 bridgehead atoms. The molecule has 23 heavy (non-hydrogen) atoms. The van der Waals surface area contributed by atoms with Crippen molar-refractivity contribution in [1.29, 1.82) is 0 Å². The molecule has 0 spiro atoms. The number of carbonyl (C=O) groups excluding carboxylic acids is 1. The van der Waals surface area contributed by atoms with Crippen LogP contribution in [0.4, 0.5) is 5.69 Å². The van der Waals surface area contributed by atoms with Gasteiger partial charge in [-0.1, -0.05) is 23.8 Å². The number of aliphatic carboxylic acids is 1. The Labute approximate surface area is 137 Å². The summed E-state index contributed by atoms with van der Waals surface area (Å²) in [7, 11) is -2.86. The van der Waals surface area contributed by atoms with Crippen molar-refractivity contribution in [2.24, 2.45) is 0 Å². The number of nitrogens with zero attached hydrogens (tertiary/aromatic N) is 1. The van der Waals surface area contributed by atoms with E-state index in [4.69, 9.17) is 5.11 Å². The van der Waals surface area contributed by atoms with Gasteiger partial charge in [0.05, 0.1) is 5.69 Å².